The van der Waals surface area contributed by atoms with Crippen LogP contribution in [-0.4, -0.2) is 15.9 Å². The summed E-state index contributed by atoms with van der Waals surface area (Å²) in [7, 11) is 0. The summed E-state index contributed by atoms with van der Waals surface area (Å²) in [4.78, 5) is 20.2. The van der Waals surface area contributed by atoms with E-state index in [1.807, 2.05) is 38.1 Å². The lowest BCUT2D eigenvalue weighted by Crippen LogP contribution is -2.24. The molecule has 0 unspecified atom stereocenters. The van der Waals surface area contributed by atoms with Crippen LogP contribution < -0.4 is 5.32 Å². The fourth-order valence-electron chi connectivity index (χ4n) is 1.63. The molecule has 0 fully saturated rings. The van der Waals surface area contributed by atoms with Gasteiger partial charge in [0.05, 0.1) is 6.54 Å². The number of hydrogen-bond donors (Lipinski definition) is 1. The monoisotopic (exact) mass is 241 g/mol. The van der Waals surface area contributed by atoms with Gasteiger partial charge in [-0.25, -0.2) is 9.97 Å². The highest BCUT2D eigenvalue weighted by Crippen LogP contribution is 2.04. The van der Waals surface area contributed by atoms with E-state index in [0.29, 0.717) is 17.9 Å². The highest BCUT2D eigenvalue weighted by Gasteiger charge is 2.05. The second-order valence-corrected chi connectivity index (χ2v) is 4.17. The lowest BCUT2D eigenvalue weighted by atomic mass is 10.1. The number of nitrogens with one attached hydrogen (secondary N) is 1. The SMILES string of the molecule is Cc1cccc(C(=O)NCc2nccc(C)n2)c1. The zero-order chi connectivity index (χ0) is 13.0. The van der Waals surface area contributed by atoms with Gasteiger partial charge in [0.25, 0.3) is 5.91 Å². The topological polar surface area (TPSA) is 54.9 Å². The molecule has 0 saturated heterocycles. The van der Waals surface area contributed by atoms with Gasteiger partial charge >= 0.3 is 0 Å². The molecule has 0 aliphatic carbocycles. The van der Waals surface area contributed by atoms with E-state index in [-0.39, 0.29) is 5.91 Å². The lowest BCUT2D eigenvalue weighted by molar-refractivity contribution is 0.0949. The third-order valence-corrected chi connectivity index (χ3v) is 2.53. The van der Waals surface area contributed by atoms with Crippen molar-refractivity contribution in [3.05, 3.63) is 59.2 Å². The number of carbonyl (C=O) groups excluding carboxylic acids is 1. The fraction of sp³-hybridized carbons (Fsp3) is 0.214. The second-order valence-electron chi connectivity index (χ2n) is 4.17. The van der Waals surface area contributed by atoms with Crippen molar-refractivity contribution >= 4 is 5.91 Å². The third kappa shape index (κ3) is 3.13. The largest absolute Gasteiger partial charge is 0.345 e. The smallest absolute Gasteiger partial charge is 0.251 e. The molecule has 4 nitrogen and oxygen atoms in total. The zero-order valence-electron chi connectivity index (χ0n) is 10.5. The van der Waals surface area contributed by atoms with Gasteiger partial charge in [-0.2, -0.15) is 0 Å². The van der Waals surface area contributed by atoms with Crippen molar-refractivity contribution in [1.82, 2.24) is 15.3 Å². The van der Waals surface area contributed by atoms with Crippen LogP contribution >= 0.6 is 0 Å². The lowest BCUT2D eigenvalue weighted by Gasteiger charge is -2.05. The normalized spacial score (nSPS) is 10.1. The average molecular weight is 241 g/mol. The van der Waals surface area contributed by atoms with Crippen LogP contribution in [0.15, 0.2) is 36.5 Å². The second kappa shape index (κ2) is 5.40. The van der Waals surface area contributed by atoms with Gasteiger partial charge in [-0.1, -0.05) is 17.7 Å². The van der Waals surface area contributed by atoms with Crippen molar-refractivity contribution < 1.29 is 4.79 Å². The molecule has 2 rings (SSSR count). The molecule has 2 aromatic rings. The summed E-state index contributed by atoms with van der Waals surface area (Å²) in [5, 5.41) is 2.81. The van der Waals surface area contributed by atoms with E-state index in [2.05, 4.69) is 15.3 Å². The number of benzene rings is 1. The van der Waals surface area contributed by atoms with Gasteiger partial charge in [0, 0.05) is 17.5 Å². The number of amides is 1. The van der Waals surface area contributed by atoms with Gasteiger partial charge in [-0.3, -0.25) is 4.79 Å². The van der Waals surface area contributed by atoms with E-state index in [4.69, 9.17) is 0 Å². The molecule has 0 aliphatic heterocycles. The molecule has 0 aliphatic rings. The van der Waals surface area contributed by atoms with Gasteiger partial charge < -0.3 is 5.32 Å². The van der Waals surface area contributed by atoms with Crippen LogP contribution in [0.1, 0.15) is 27.4 Å². The molecular formula is C14H15N3O. The van der Waals surface area contributed by atoms with Crippen LogP contribution in [0.2, 0.25) is 0 Å². The van der Waals surface area contributed by atoms with Crippen LogP contribution in [-0.2, 0) is 6.54 Å². The summed E-state index contributed by atoms with van der Waals surface area (Å²) in [6.07, 6.45) is 1.69. The Kier molecular flexibility index (Phi) is 3.67. The molecule has 1 aromatic carbocycles. The van der Waals surface area contributed by atoms with Gasteiger partial charge in [-0.05, 0) is 32.0 Å². The number of carbonyl (C=O) groups is 1. The molecule has 1 amide bonds. The summed E-state index contributed by atoms with van der Waals surface area (Å²) in [5.41, 5.74) is 2.61. The van der Waals surface area contributed by atoms with Crippen LogP contribution in [0.5, 0.6) is 0 Å². The first-order valence-electron chi connectivity index (χ1n) is 5.78. The molecule has 0 atom stereocenters. The Hall–Kier alpha value is -2.23. The van der Waals surface area contributed by atoms with E-state index in [1.54, 1.807) is 12.3 Å². The number of nitrogens with zero attached hydrogens (tertiary/aromatic N) is 2. The highest BCUT2D eigenvalue weighted by atomic mass is 16.1. The minimum Gasteiger partial charge on any atom is -0.345 e. The Morgan fingerprint density at radius 3 is 2.83 bits per heavy atom. The number of rotatable bonds is 3. The Balaban J connectivity index is 2.00. The van der Waals surface area contributed by atoms with E-state index in [1.165, 1.54) is 0 Å². The molecule has 1 heterocycles. The van der Waals surface area contributed by atoms with Gasteiger partial charge in [0.15, 0.2) is 0 Å². The molecule has 0 saturated carbocycles. The van der Waals surface area contributed by atoms with Crippen LogP contribution in [0.3, 0.4) is 0 Å². The first-order chi connectivity index (χ1) is 8.65. The van der Waals surface area contributed by atoms with Crippen LogP contribution in [0.4, 0.5) is 0 Å². The predicted octanol–water partition coefficient (Wildman–Crippen LogP) is 2.02. The van der Waals surface area contributed by atoms with Crippen molar-refractivity contribution in [2.45, 2.75) is 20.4 Å². The number of hydrogen-bond acceptors (Lipinski definition) is 3. The molecule has 1 aromatic heterocycles. The molecule has 1 N–H and O–H groups in total. The van der Waals surface area contributed by atoms with Gasteiger partial charge in [0.2, 0.25) is 0 Å². The number of aryl methyl sites for hydroxylation is 2. The van der Waals surface area contributed by atoms with Gasteiger partial charge in [-0.15, -0.1) is 0 Å². The first-order valence-corrected chi connectivity index (χ1v) is 5.78. The van der Waals surface area contributed by atoms with Gasteiger partial charge in [0.1, 0.15) is 5.82 Å². The predicted molar refractivity (Wildman–Crippen MR) is 69.1 cm³/mol. The zero-order valence-corrected chi connectivity index (χ0v) is 10.5. The Bertz CT molecular complexity index is 566. The maximum atomic E-state index is 11.9. The van der Waals surface area contributed by atoms with Crippen molar-refractivity contribution in [3.8, 4) is 0 Å². The minimum absolute atomic E-state index is 0.108. The molecular weight excluding hydrogens is 226 g/mol. The molecule has 4 heteroatoms. The standard InChI is InChI=1S/C14H15N3O/c1-10-4-3-5-12(8-10)14(18)16-9-13-15-7-6-11(2)17-13/h3-8H,9H2,1-2H3,(H,16,18). The van der Waals surface area contributed by atoms with E-state index in [9.17, 15) is 4.79 Å². The quantitative estimate of drug-likeness (QED) is 0.894. The summed E-state index contributed by atoms with van der Waals surface area (Å²) in [5.74, 6) is 0.514. The van der Waals surface area contributed by atoms with Crippen molar-refractivity contribution in [3.63, 3.8) is 0 Å². The molecule has 0 radical (unpaired) electrons. The van der Waals surface area contributed by atoms with E-state index >= 15 is 0 Å². The maximum absolute atomic E-state index is 11.9. The Morgan fingerprint density at radius 2 is 2.11 bits per heavy atom. The van der Waals surface area contributed by atoms with E-state index < -0.39 is 0 Å². The summed E-state index contributed by atoms with van der Waals surface area (Å²) in [6, 6.07) is 9.30. The highest BCUT2D eigenvalue weighted by molar-refractivity contribution is 5.94. The van der Waals surface area contributed by atoms with Crippen LogP contribution in [0, 0.1) is 13.8 Å². The summed E-state index contributed by atoms with van der Waals surface area (Å²) >= 11 is 0. The van der Waals surface area contributed by atoms with Crippen molar-refractivity contribution in [2.24, 2.45) is 0 Å². The molecule has 0 bridgehead atoms. The summed E-state index contributed by atoms with van der Waals surface area (Å²) < 4.78 is 0. The maximum Gasteiger partial charge on any atom is 0.251 e. The minimum atomic E-state index is -0.108. The average Bonchev–Trinajstić information content (AvgIpc) is 2.36. The molecule has 18 heavy (non-hydrogen) atoms. The Morgan fingerprint density at radius 1 is 1.28 bits per heavy atom. The first kappa shape index (κ1) is 12.2. The van der Waals surface area contributed by atoms with Crippen molar-refractivity contribution in [2.75, 3.05) is 0 Å². The summed E-state index contributed by atoms with van der Waals surface area (Å²) in [6.45, 7) is 4.20. The third-order valence-electron chi connectivity index (χ3n) is 2.53. The van der Waals surface area contributed by atoms with Crippen molar-refractivity contribution in [1.29, 1.82) is 0 Å². The van der Waals surface area contributed by atoms with Crippen LogP contribution in [0.25, 0.3) is 0 Å². The molecule has 0 spiro atoms. The fourth-order valence-corrected chi connectivity index (χ4v) is 1.63. The molecule has 92 valence electrons. The van der Waals surface area contributed by atoms with E-state index in [0.717, 1.165) is 11.3 Å². The Labute approximate surface area is 106 Å². The number of aromatic nitrogens is 2.